The summed E-state index contributed by atoms with van der Waals surface area (Å²) >= 11 is 3.44. The summed E-state index contributed by atoms with van der Waals surface area (Å²) < 4.78 is 43.4. The molecule has 230 valence electrons. The van der Waals surface area contributed by atoms with E-state index in [2.05, 4.69) is 21.2 Å². The van der Waals surface area contributed by atoms with Crippen molar-refractivity contribution in [2.45, 2.75) is 50.2 Å². The number of hydrogen-bond acceptors (Lipinski definition) is 4. The van der Waals surface area contributed by atoms with Crippen LogP contribution in [0.5, 0.6) is 0 Å². The van der Waals surface area contributed by atoms with Gasteiger partial charge in [0, 0.05) is 23.0 Å². The number of para-hydroxylation sites is 1. The zero-order chi connectivity index (χ0) is 31.9. The number of amides is 2. The molecule has 2 amide bonds. The van der Waals surface area contributed by atoms with Crippen molar-refractivity contribution >= 4 is 43.5 Å². The minimum Gasteiger partial charge on any atom is -0.350 e. The predicted octanol–water partition coefficient (Wildman–Crippen LogP) is 6.34. The van der Waals surface area contributed by atoms with Crippen molar-refractivity contribution < 1.29 is 22.4 Å². The van der Waals surface area contributed by atoms with Crippen molar-refractivity contribution in [2.24, 2.45) is 0 Å². The SMILES string of the molecule is CC(C)(C)NC(=O)C(Cc1ccccc1)N(Cc1ccc(Br)cc1)C(=O)CN(c1ccccc1)S(=O)(=O)c1ccc(F)cc1. The van der Waals surface area contributed by atoms with Crippen LogP contribution in [-0.4, -0.2) is 43.3 Å². The van der Waals surface area contributed by atoms with Crippen LogP contribution in [0.1, 0.15) is 31.9 Å². The second-order valence-corrected chi connectivity index (χ2v) is 14.2. The lowest BCUT2D eigenvalue weighted by molar-refractivity contribution is -0.140. The summed E-state index contributed by atoms with van der Waals surface area (Å²) in [6.45, 7) is 5.04. The van der Waals surface area contributed by atoms with Crippen LogP contribution >= 0.6 is 15.9 Å². The number of sulfonamides is 1. The van der Waals surface area contributed by atoms with Gasteiger partial charge in [-0.1, -0.05) is 76.6 Å². The lowest BCUT2D eigenvalue weighted by Crippen LogP contribution is -2.56. The maximum absolute atomic E-state index is 14.4. The smallest absolute Gasteiger partial charge is 0.264 e. The molecule has 0 bridgehead atoms. The van der Waals surface area contributed by atoms with Crippen molar-refractivity contribution in [3.8, 4) is 0 Å². The molecular formula is C34H35BrFN3O4S. The van der Waals surface area contributed by atoms with Crippen molar-refractivity contribution in [3.63, 3.8) is 0 Å². The van der Waals surface area contributed by atoms with E-state index in [4.69, 9.17) is 0 Å². The van der Waals surface area contributed by atoms with Crippen LogP contribution in [0.2, 0.25) is 0 Å². The summed E-state index contributed by atoms with van der Waals surface area (Å²) in [5.74, 6) is -1.52. The highest BCUT2D eigenvalue weighted by molar-refractivity contribution is 9.10. The minimum absolute atomic E-state index is 0.0560. The van der Waals surface area contributed by atoms with Crippen LogP contribution in [0.25, 0.3) is 0 Å². The molecule has 4 aromatic carbocycles. The quantitative estimate of drug-likeness (QED) is 0.201. The van der Waals surface area contributed by atoms with Crippen molar-refractivity contribution in [2.75, 3.05) is 10.8 Å². The fourth-order valence-electron chi connectivity index (χ4n) is 4.65. The molecular weight excluding hydrogens is 645 g/mol. The third kappa shape index (κ3) is 8.76. The Morgan fingerprint density at radius 2 is 1.39 bits per heavy atom. The molecule has 10 heteroatoms. The first-order valence-electron chi connectivity index (χ1n) is 14.1. The van der Waals surface area contributed by atoms with Gasteiger partial charge >= 0.3 is 0 Å². The van der Waals surface area contributed by atoms with Gasteiger partial charge in [0.05, 0.1) is 10.6 Å². The number of carbonyl (C=O) groups excluding carboxylic acids is 2. The Bertz CT molecular complexity index is 1660. The Morgan fingerprint density at radius 3 is 1.95 bits per heavy atom. The maximum atomic E-state index is 14.4. The van der Waals surface area contributed by atoms with Gasteiger partial charge in [0.2, 0.25) is 11.8 Å². The highest BCUT2D eigenvalue weighted by Crippen LogP contribution is 2.25. The minimum atomic E-state index is -4.30. The zero-order valence-corrected chi connectivity index (χ0v) is 27.2. The lowest BCUT2D eigenvalue weighted by Gasteiger charge is -2.35. The number of rotatable bonds is 11. The molecule has 0 saturated carbocycles. The highest BCUT2D eigenvalue weighted by atomic mass is 79.9. The van der Waals surface area contributed by atoms with Gasteiger partial charge < -0.3 is 10.2 Å². The van der Waals surface area contributed by atoms with Gasteiger partial charge in [0.1, 0.15) is 18.4 Å². The average molecular weight is 681 g/mol. The molecule has 1 N–H and O–H groups in total. The summed E-state index contributed by atoms with van der Waals surface area (Å²) in [5, 5.41) is 3.01. The van der Waals surface area contributed by atoms with Crippen LogP contribution in [-0.2, 0) is 32.6 Å². The molecule has 0 heterocycles. The van der Waals surface area contributed by atoms with Crippen LogP contribution in [0.3, 0.4) is 0 Å². The fraction of sp³-hybridized carbons (Fsp3) is 0.235. The van der Waals surface area contributed by atoms with Crippen molar-refractivity contribution in [1.29, 1.82) is 0 Å². The molecule has 7 nitrogen and oxygen atoms in total. The van der Waals surface area contributed by atoms with Crippen LogP contribution in [0.15, 0.2) is 119 Å². The van der Waals surface area contributed by atoms with Gasteiger partial charge in [-0.2, -0.15) is 0 Å². The summed E-state index contributed by atoms with van der Waals surface area (Å²) in [5.41, 5.74) is 1.28. The molecule has 0 aliphatic heterocycles. The second-order valence-electron chi connectivity index (χ2n) is 11.4. The molecule has 1 atom stereocenters. The van der Waals surface area contributed by atoms with E-state index in [1.165, 1.54) is 17.0 Å². The summed E-state index contributed by atoms with van der Waals surface area (Å²) in [6.07, 6.45) is 0.209. The summed E-state index contributed by atoms with van der Waals surface area (Å²) in [6, 6.07) is 28.5. The predicted molar refractivity (Wildman–Crippen MR) is 174 cm³/mol. The standard InChI is InChI=1S/C34H35BrFN3O4S/c1-34(2,3)37-33(41)31(22-25-10-6-4-7-11-25)38(23-26-14-16-27(35)17-15-26)32(40)24-39(29-12-8-5-9-13-29)44(42,43)30-20-18-28(36)19-21-30/h4-21,31H,22-24H2,1-3H3,(H,37,41). The first kappa shape index (κ1) is 32.9. The molecule has 4 aromatic rings. The molecule has 44 heavy (non-hydrogen) atoms. The molecule has 1 unspecified atom stereocenters. The Morgan fingerprint density at radius 1 is 0.818 bits per heavy atom. The number of hydrogen-bond donors (Lipinski definition) is 1. The van der Waals surface area contributed by atoms with E-state index >= 15 is 0 Å². The largest absolute Gasteiger partial charge is 0.350 e. The van der Waals surface area contributed by atoms with E-state index in [0.717, 1.165) is 32.0 Å². The topological polar surface area (TPSA) is 86.8 Å². The van der Waals surface area contributed by atoms with Gasteiger partial charge in [-0.3, -0.25) is 13.9 Å². The second kappa shape index (κ2) is 14.2. The van der Waals surface area contributed by atoms with Crippen LogP contribution < -0.4 is 9.62 Å². The molecule has 0 spiro atoms. The Balaban J connectivity index is 1.79. The van der Waals surface area contributed by atoms with E-state index in [9.17, 15) is 22.4 Å². The van der Waals surface area contributed by atoms with Crippen molar-refractivity contribution in [3.05, 3.63) is 131 Å². The van der Waals surface area contributed by atoms with E-state index in [0.29, 0.717) is 0 Å². The van der Waals surface area contributed by atoms with Gasteiger partial charge in [-0.15, -0.1) is 0 Å². The number of nitrogens with zero attached hydrogens (tertiary/aromatic N) is 2. The number of anilines is 1. The molecule has 4 rings (SSSR count). The Labute approximate surface area is 266 Å². The average Bonchev–Trinajstić information content (AvgIpc) is 2.98. The van der Waals surface area contributed by atoms with Crippen LogP contribution in [0, 0.1) is 5.82 Å². The van der Waals surface area contributed by atoms with E-state index < -0.39 is 39.9 Å². The van der Waals surface area contributed by atoms with Crippen molar-refractivity contribution in [1.82, 2.24) is 10.2 Å². The summed E-state index contributed by atoms with van der Waals surface area (Å²) in [7, 11) is -4.30. The molecule has 0 saturated heterocycles. The fourth-order valence-corrected chi connectivity index (χ4v) is 6.33. The third-order valence-electron chi connectivity index (χ3n) is 6.76. The number of halogens is 2. The van der Waals surface area contributed by atoms with Crippen LogP contribution in [0.4, 0.5) is 10.1 Å². The first-order chi connectivity index (χ1) is 20.8. The lowest BCUT2D eigenvalue weighted by atomic mass is 10.0. The monoisotopic (exact) mass is 679 g/mol. The van der Waals surface area contributed by atoms with Gasteiger partial charge in [0.15, 0.2) is 0 Å². The Hall–Kier alpha value is -4.02. The van der Waals surface area contributed by atoms with Gasteiger partial charge in [-0.05, 0) is 80.4 Å². The van der Waals surface area contributed by atoms with E-state index in [1.807, 2.05) is 75.4 Å². The number of carbonyl (C=O) groups is 2. The van der Waals surface area contributed by atoms with E-state index in [1.54, 1.807) is 30.3 Å². The number of benzene rings is 4. The summed E-state index contributed by atoms with van der Waals surface area (Å²) in [4.78, 5) is 29.6. The molecule has 0 aromatic heterocycles. The third-order valence-corrected chi connectivity index (χ3v) is 9.08. The maximum Gasteiger partial charge on any atom is 0.264 e. The van der Waals surface area contributed by atoms with E-state index in [-0.39, 0.29) is 29.5 Å². The number of nitrogens with one attached hydrogen (secondary N) is 1. The normalized spacial score (nSPS) is 12.3. The first-order valence-corrected chi connectivity index (χ1v) is 16.3. The zero-order valence-electron chi connectivity index (χ0n) is 24.8. The highest BCUT2D eigenvalue weighted by Gasteiger charge is 2.35. The van der Waals surface area contributed by atoms with Gasteiger partial charge in [-0.25, -0.2) is 12.8 Å². The Kier molecular flexibility index (Phi) is 10.6. The molecule has 0 fully saturated rings. The molecule has 0 aliphatic rings. The molecule has 0 aliphatic carbocycles. The van der Waals surface area contributed by atoms with Gasteiger partial charge in [0.25, 0.3) is 10.0 Å². The molecule has 0 radical (unpaired) electrons.